The Morgan fingerprint density at radius 1 is 1.33 bits per heavy atom. The van der Waals surface area contributed by atoms with Gasteiger partial charge in [0, 0.05) is 12.5 Å². The van der Waals surface area contributed by atoms with Gasteiger partial charge in [-0.05, 0) is 31.5 Å². The smallest absolute Gasteiger partial charge is 0.118 e. The van der Waals surface area contributed by atoms with Gasteiger partial charge in [-0.3, -0.25) is 4.90 Å². The average molecular weight is 203 g/mol. The molecule has 0 saturated heterocycles. The standard InChI is InChI=1S/C13H17NO/c1-14-7-6-12-10-4-2-3-5-11(8-10)15-13(12)9-14/h2-5,10-11H,6-9H2,1H3. The second-order valence-electron chi connectivity index (χ2n) is 4.70. The summed E-state index contributed by atoms with van der Waals surface area (Å²) in [4.78, 5) is 2.34. The molecular weight excluding hydrogens is 186 g/mol. The molecule has 2 heterocycles. The minimum absolute atomic E-state index is 0.301. The SMILES string of the molecule is CN1CCC2=C(C1)OC1C=CC=CC2C1. The van der Waals surface area contributed by atoms with Crippen molar-refractivity contribution in [2.45, 2.75) is 18.9 Å². The highest BCUT2D eigenvalue weighted by Gasteiger charge is 2.31. The molecule has 2 nitrogen and oxygen atoms in total. The number of rotatable bonds is 0. The van der Waals surface area contributed by atoms with E-state index < -0.39 is 0 Å². The van der Waals surface area contributed by atoms with Crippen molar-refractivity contribution in [2.75, 3.05) is 20.1 Å². The third-order valence-corrected chi connectivity index (χ3v) is 3.54. The molecule has 0 amide bonds. The Bertz CT molecular complexity index is 354. The maximum atomic E-state index is 6.02. The average Bonchev–Trinajstić information content (AvgIpc) is 2.41. The lowest BCUT2D eigenvalue weighted by molar-refractivity contribution is 0.0861. The third kappa shape index (κ3) is 1.63. The van der Waals surface area contributed by atoms with Gasteiger partial charge in [0.05, 0.1) is 6.54 Å². The third-order valence-electron chi connectivity index (χ3n) is 3.54. The number of hydrogen-bond acceptors (Lipinski definition) is 2. The molecule has 2 bridgehead atoms. The lowest BCUT2D eigenvalue weighted by Gasteiger charge is -2.36. The van der Waals surface area contributed by atoms with Crippen molar-refractivity contribution in [3.8, 4) is 0 Å². The van der Waals surface area contributed by atoms with E-state index in [1.165, 1.54) is 18.7 Å². The van der Waals surface area contributed by atoms with Crippen LogP contribution in [0.3, 0.4) is 0 Å². The fraction of sp³-hybridized carbons (Fsp3) is 0.538. The molecule has 0 N–H and O–H groups in total. The molecule has 2 aliphatic heterocycles. The van der Waals surface area contributed by atoms with Gasteiger partial charge in [0.1, 0.15) is 11.9 Å². The summed E-state index contributed by atoms with van der Waals surface area (Å²) < 4.78 is 6.02. The van der Waals surface area contributed by atoms with Gasteiger partial charge < -0.3 is 4.74 Å². The van der Waals surface area contributed by atoms with Gasteiger partial charge in [-0.15, -0.1) is 0 Å². The van der Waals surface area contributed by atoms with E-state index in [0.29, 0.717) is 12.0 Å². The Balaban J connectivity index is 1.95. The number of hydrogen-bond donors (Lipinski definition) is 0. The van der Waals surface area contributed by atoms with Crippen LogP contribution < -0.4 is 0 Å². The van der Waals surface area contributed by atoms with Crippen molar-refractivity contribution >= 4 is 0 Å². The van der Waals surface area contributed by atoms with Gasteiger partial charge in [-0.1, -0.05) is 18.2 Å². The fourth-order valence-electron chi connectivity index (χ4n) is 2.70. The second kappa shape index (κ2) is 3.53. The molecule has 2 atom stereocenters. The van der Waals surface area contributed by atoms with Crippen LogP contribution in [0.4, 0.5) is 0 Å². The first kappa shape index (κ1) is 9.22. The van der Waals surface area contributed by atoms with E-state index in [2.05, 4.69) is 36.3 Å². The second-order valence-corrected chi connectivity index (χ2v) is 4.70. The Kier molecular flexibility index (Phi) is 2.17. The minimum Gasteiger partial charge on any atom is -0.489 e. The Hall–Kier alpha value is -1.02. The first-order valence-corrected chi connectivity index (χ1v) is 5.75. The van der Waals surface area contributed by atoms with Crippen LogP contribution in [0.15, 0.2) is 35.6 Å². The lowest BCUT2D eigenvalue weighted by atomic mass is 9.86. The van der Waals surface area contributed by atoms with Crippen LogP contribution in [-0.2, 0) is 4.74 Å². The molecule has 1 aliphatic carbocycles. The summed E-state index contributed by atoms with van der Waals surface area (Å²) in [5.41, 5.74) is 1.55. The Morgan fingerprint density at radius 3 is 3.13 bits per heavy atom. The molecule has 0 aromatic heterocycles. The van der Waals surface area contributed by atoms with E-state index in [1.54, 1.807) is 5.57 Å². The largest absolute Gasteiger partial charge is 0.489 e. The van der Waals surface area contributed by atoms with Crippen molar-refractivity contribution in [1.29, 1.82) is 0 Å². The summed E-state index contributed by atoms with van der Waals surface area (Å²) in [6.45, 7) is 2.16. The van der Waals surface area contributed by atoms with Gasteiger partial charge in [0.2, 0.25) is 0 Å². The van der Waals surface area contributed by atoms with Crippen LogP contribution in [0.25, 0.3) is 0 Å². The van der Waals surface area contributed by atoms with Gasteiger partial charge in [-0.25, -0.2) is 0 Å². The van der Waals surface area contributed by atoms with Crippen molar-refractivity contribution in [2.24, 2.45) is 5.92 Å². The molecule has 2 unspecified atom stereocenters. The number of nitrogens with zero attached hydrogens (tertiary/aromatic N) is 1. The molecule has 0 spiro atoms. The predicted octanol–water partition coefficient (Wildman–Crippen LogP) is 2.11. The maximum Gasteiger partial charge on any atom is 0.118 e. The number of ether oxygens (including phenoxy) is 1. The highest BCUT2D eigenvalue weighted by atomic mass is 16.5. The molecule has 0 fully saturated rings. The molecular formula is C13H17NO. The first-order valence-electron chi connectivity index (χ1n) is 5.75. The molecule has 15 heavy (non-hydrogen) atoms. The van der Waals surface area contributed by atoms with E-state index in [-0.39, 0.29) is 0 Å². The number of allylic oxidation sites excluding steroid dienone is 3. The molecule has 2 heteroatoms. The molecule has 80 valence electrons. The molecule has 3 aliphatic rings. The summed E-state index contributed by atoms with van der Waals surface area (Å²) in [5.74, 6) is 1.86. The molecule has 0 radical (unpaired) electrons. The van der Waals surface area contributed by atoms with E-state index in [0.717, 1.165) is 13.0 Å². The van der Waals surface area contributed by atoms with Crippen LogP contribution in [0.2, 0.25) is 0 Å². The maximum absolute atomic E-state index is 6.02. The molecule has 0 saturated carbocycles. The summed E-state index contributed by atoms with van der Waals surface area (Å²) in [5, 5.41) is 0. The Labute approximate surface area is 90.9 Å². The van der Waals surface area contributed by atoms with Crippen molar-refractivity contribution in [3.05, 3.63) is 35.6 Å². The number of likely N-dealkylation sites (N-methyl/N-ethyl adjacent to an activating group) is 1. The van der Waals surface area contributed by atoms with Crippen LogP contribution in [0.1, 0.15) is 12.8 Å². The summed E-state index contributed by atoms with van der Waals surface area (Å²) in [6.07, 6.45) is 11.4. The van der Waals surface area contributed by atoms with E-state index in [9.17, 15) is 0 Å². The topological polar surface area (TPSA) is 12.5 Å². The zero-order chi connectivity index (χ0) is 10.3. The highest BCUT2D eigenvalue weighted by Crippen LogP contribution is 2.36. The van der Waals surface area contributed by atoms with Crippen molar-refractivity contribution < 1.29 is 4.74 Å². The highest BCUT2D eigenvalue weighted by molar-refractivity contribution is 5.28. The molecule has 3 rings (SSSR count). The lowest BCUT2D eigenvalue weighted by Crippen LogP contribution is -2.35. The zero-order valence-corrected chi connectivity index (χ0v) is 9.15. The normalized spacial score (nSPS) is 34.7. The first-order chi connectivity index (χ1) is 7.33. The van der Waals surface area contributed by atoms with Crippen LogP contribution >= 0.6 is 0 Å². The van der Waals surface area contributed by atoms with Gasteiger partial charge in [0.25, 0.3) is 0 Å². The minimum atomic E-state index is 0.301. The van der Waals surface area contributed by atoms with Gasteiger partial charge >= 0.3 is 0 Å². The van der Waals surface area contributed by atoms with E-state index >= 15 is 0 Å². The summed E-state index contributed by atoms with van der Waals surface area (Å²) in [7, 11) is 2.16. The van der Waals surface area contributed by atoms with E-state index in [1.807, 2.05) is 0 Å². The quantitative estimate of drug-likeness (QED) is 0.598. The Morgan fingerprint density at radius 2 is 2.20 bits per heavy atom. The van der Waals surface area contributed by atoms with Crippen LogP contribution in [-0.4, -0.2) is 31.1 Å². The van der Waals surface area contributed by atoms with Gasteiger partial charge in [-0.2, -0.15) is 0 Å². The van der Waals surface area contributed by atoms with Crippen molar-refractivity contribution in [3.63, 3.8) is 0 Å². The molecule has 0 aromatic carbocycles. The van der Waals surface area contributed by atoms with E-state index in [4.69, 9.17) is 4.74 Å². The van der Waals surface area contributed by atoms with Gasteiger partial charge in [0.15, 0.2) is 0 Å². The monoisotopic (exact) mass is 203 g/mol. The summed E-state index contributed by atoms with van der Waals surface area (Å²) >= 11 is 0. The predicted molar refractivity (Wildman–Crippen MR) is 60.4 cm³/mol. The zero-order valence-electron chi connectivity index (χ0n) is 9.15. The molecule has 0 aromatic rings. The summed E-state index contributed by atoms with van der Waals surface area (Å²) in [6, 6.07) is 0. The van der Waals surface area contributed by atoms with Crippen LogP contribution in [0.5, 0.6) is 0 Å². The fourth-order valence-corrected chi connectivity index (χ4v) is 2.70. The number of fused-ring (bicyclic) bond motifs is 3. The van der Waals surface area contributed by atoms with Crippen LogP contribution in [0, 0.1) is 5.92 Å². The van der Waals surface area contributed by atoms with Crippen molar-refractivity contribution in [1.82, 2.24) is 4.90 Å².